The third-order valence-corrected chi connectivity index (χ3v) is 5.56. The molecule has 0 saturated heterocycles. The molecule has 0 aliphatic carbocycles. The second-order valence-electron chi connectivity index (χ2n) is 6.85. The number of aryl methyl sites for hydroxylation is 1. The number of esters is 1. The highest BCUT2D eigenvalue weighted by Gasteiger charge is 2.19. The van der Waals surface area contributed by atoms with E-state index in [4.69, 9.17) is 4.74 Å². The number of rotatable bonds is 5. The number of nitrogens with zero attached hydrogens (tertiary/aromatic N) is 2. The van der Waals surface area contributed by atoms with Crippen LogP contribution in [0.25, 0.3) is 20.8 Å². The van der Waals surface area contributed by atoms with Gasteiger partial charge < -0.3 is 10.1 Å². The highest BCUT2D eigenvalue weighted by Crippen LogP contribution is 2.31. The number of hydrogen-bond donors (Lipinski definition) is 1. The van der Waals surface area contributed by atoms with Crippen molar-refractivity contribution in [3.8, 4) is 10.6 Å². The van der Waals surface area contributed by atoms with Crippen LogP contribution in [0.2, 0.25) is 0 Å². The molecule has 0 fully saturated rings. The molecule has 2 aromatic heterocycles. The highest BCUT2D eigenvalue weighted by atomic mass is 32.1. The zero-order valence-corrected chi connectivity index (χ0v) is 17.3. The number of amides is 1. The Morgan fingerprint density at radius 3 is 2.63 bits per heavy atom. The van der Waals surface area contributed by atoms with E-state index in [1.807, 2.05) is 24.3 Å². The van der Waals surface area contributed by atoms with Gasteiger partial charge in [-0.2, -0.15) is 0 Å². The second-order valence-corrected chi connectivity index (χ2v) is 7.88. The van der Waals surface area contributed by atoms with Crippen molar-refractivity contribution < 1.29 is 14.3 Å². The number of anilines is 1. The van der Waals surface area contributed by atoms with Crippen molar-refractivity contribution in [3.63, 3.8) is 0 Å². The molecule has 1 amide bonds. The molecule has 0 radical (unpaired) electrons. The van der Waals surface area contributed by atoms with Crippen LogP contribution in [0.5, 0.6) is 0 Å². The summed E-state index contributed by atoms with van der Waals surface area (Å²) in [7, 11) is 0. The maximum atomic E-state index is 12.4. The van der Waals surface area contributed by atoms with Crippen molar-refractivity contribution in [1.29, 1.82) is 0 Å². The lowest BCUT2D eigenvalue weighted by Crippen LogP contribution is -2.30. The van der Waals surface area contributed by atoms with Crippen molar-refractivity contribution in [2.75, 3.05) is 5.32 Å². The van der Waals surface area contributed by atoms with Crippen molar-refractivity contribution in [3.05, 3.63) is 78.1 Å². The predicted molar refractivity (Wildman–Crippen MR) is 118 cm³/mol. The summed E-state index contributed by atoms with van der Waals surface area (Å²) in [5.41, 5.74) is 4.07. The summed E-state index contributed by atoms with van der Waals surface area (Å²) in [6.45, 7) is 3.59. The first-order valence-corrected chi connectivity index (χ1v) is 10.2. The fourth-order valence-electron chi connectivity index (χ4n) is 2.86. The fourth-order valence-corrected chi connectivity index (χ4v) is 3.93. The van der Waals surface area contributed by atoms with E-state index in [2.05, 4.69) is 28.3 Å². The number of thiazole rings is 1. The monoisotopic (exact) mass is 417 g/mol. The minimum absolute atomic E-state index is 0.299. The van der Waals surface area contributed by atoms with Crippen LogP contribution in [-0.2, 0) is 9.53 Å². The minimum Gasteiger partial charge on any atom is -0.449 e. The number of hydrogen-bond acceptors (Lipinski definition) is 6. The Balaban J connectivity index is 1.41. The summed E-state index contributed by atoms with van der Waals surface area (Å²) in [5, 5.41) is 3.69. The maximum absolute atomic E-state index is 12.4. The molecule has 0 aliphatic rings. The summed E-state index contributed by atoms with van der Waals surface area (Å²) in [6.07, 6.45) is 2.02. The van der Waals surface area contributed by atoms with E-state index in [9.17, 15) is 9.59 Å². The molecule has 0 unspecified atom stereocenters. The predicted octanol–water partition coefficient (Wildman–Crippen LogP) is 4.85. The zero-order chi connectivity index (χ0) is 21.1. The maximum Gasteiger partial charge on any atom is 0.340 e. The van der Waals surface area contributed by atoms with Crippen LogP contribution in [0, 0.1) is 6.92 Å². The number of nitrogens with one attached hydrogen (secondary N) is 1. The average Bonchev–Trinajstić information content (AvgIpc) is 3.18. The van der Waals surface area contributed by atoms with Gasteiger partial charge in [0.25, 0.3) is 5.91 Å². The van der Waals surface area contributed by atoms with Crippen molar-refractivity contribution in [1.82, 2.24) is 9.97 Å². The lowest BCUT2D eigenvalue weighted by atomic mass is 10.2. The van der Waals surface area contributed by atoms with Gasteiger partial charge in [0.1, 0.15) is 5.01 Å². The van der Waals surface area contributed by atoms with Gasteiger partial charge in [-0.15, -0.1) is 11.3 Å². The Kier molecular flexibility index (Phi) is 5.54. The first-order valence-electron chi connectivity index (χ1n) is 9.39. The van der Waals surface area contributed by atoms with Crippen molar-refractivity contribution in [2.45, 2.75) is 20.0 Å². The minimum atomic E-state index is -0.940. The number of fused-ring (bicyclic) bond motifs is 1. The molecule has 2 aromatic carbocycles. The largest absolute Gasteiger partial charge is 0.449 e. The summed E-state index contributed by atoms with van der Waals surface area (Å²) >= 11 is 1.63. The molecule has 1 N–H and O–H groups in total. The number of benzene rings is 2. The molecule has 0 spiro atoms. The molecule has 0 saturated carbocycles. The van der Waals surface area contributed by atoms with E-state index < -0.39 is 18.0 Å². The molecule has 30 heavy (non-hydrogen) atoms. The Morgan fingerprint density at radius 1 is 1.10 bits per heavy atom. The molecule has 4 rings (SSSR count). The lowest BCUT2D eigenvalue weighted by Gasteiger charge is -2.13. The Hall–Kier alpha value is -3.58. The van der Waals surface area contributed by atoms with Gasteiger partial charge in [-0.05, 0) is 67.9 Å². The van der Waals surface area contributed by atoms with Gasteiger partial charge in [0.15, 0.2) is 6.10 Å². The Bertz CT molecular complexity index is 1200. The third kappa shape index (κ3) is 4.36. The highest BCUT2D eigenvalue weighted by molar-refractivity contribution is 7.21. The summed E-state index contributed by atoms with van der Waals surface area (Å²) in [5.74, 6) is -0.998. The molecule has 0 aliphatic heterocycles. The first kappa shape index (κ1) is 19.7. The molecule has 2 heterocycles. The SMILES string of the molecule is Cc1ccc2nc(-c3ccc(NC(=O)[C@@H](C)OC(=O)c4cccnc4)cc3)sc2c1. The lowest BCUT2D eigenvalue weighted by molar-refractivity contribution is -0.123. The topological polar surface area (TPSA) is 81.2 Å². The van der Waals surface area contributed by atoms with Gasteiger partial charge in [0.2, 0.25) is 0 Å². The summed E-state index contributed by atoms with van der Waals surface area (Å²) in [6, 6.07) is 16.8. The fraction of sp³-hybridized carbons (Fsp3) is 0.130. The van der Waals surface area contributed by atoms with Crippen LogP contribution in [0.1, 0.15) is 22.8 Å². The van der Waals surface area contributed by atoms with E-state index in [0.29, 0.717) is 11.3 Å². The van der Waals surface area contributed by atoms with E-state index in [-0.39, 0.29) is 0 Å². The van der Waals surface area contributed by atoms with Gasteiger partial charge in [-0.1, -0.05) is 6.07 Å². The van der Waals surface area contributed by atoms with Gasteiger partial charge >= 0.3 is 5.97 Å². The Labute approximate surface area is 177 Å². The van der Waals surface area contributed by atoms with Crippen LogP contribution in [-0.4, -0.2) is 27.9 Å². The van der Waals surface area contributed by atoms with Crippen LogP contribution < -0.4 is 5.32 Å². The molecule has 4 aromatic rings. The normalized spacial score (nSPS) is 11.8. The van der Waals surface area contributed by atoms with Gasteiger partial charge in [0, 0.05) is 23.6 Å². The molecule has 1 atom stereocenters. The number of pyridine rings is 1. The van der Waals surface area contributed by atoms with Crippen molar-refractivity contribution in [2.24, 2.45) is 0 Å². The number of ether oxygens (including phenoxy) is 1. The van der Waals surface area contributed by atoms with Gasteiger partial charge in [-0.3, -0.25) is 9.78 Å². The standard InChI is InChI=1S/C23H19N3O3S/c1-14-5-10-19-20(12-14)30-22(26-19)16-6-8-18(9-7-16)25-21(27)15(2)29-23(28)17-4-3-11-24-13-17/h3-13,15H,1-2H3,(H,25,27)/t15-/m1/s1. The van der Waals surface area contributed by atoms with E-state index in [1.165, 1.54) is 18.7 Å². The second kappa shape index (κ2) is 8.42. The summed E-state index contributed by atoms with van der Waals surface area (Å²) in [4.78, 5) is 33.0. The molecule has 6 nitrogen and oxygen atoms in total. The molecule has 150 valence electrons. The Morgan fingerprint density at radius 2 is 1.90 bits per heavy atom. The van der Waals surface area contributed by atoms with Crippen LogP contribution >= 0.6 is 11.3 Å². The van der Waals surface area contributed by atoms with Gasteiger partial charge in [0.05, 0.1) is 15.8 Å². The summed E-state index contributed by atoms with van der Waals surface area (Å²) < 4.78 is 6.35. The van der Waals surface area contributed by atoms with Crippen LogP contribution in [0.4, 0.5) is 5.69 Å². The number of carbonyl (C=O) groups is 2. The average molecular weight is 417 g/mol. The molecular weight excluding hydrogens is 398 g/mol. The first-order chi connectivity index (χ1) is 14.5. The van der Waals surface area contributed by atoms with E-state index in [0.717, 1.165) is 20.8 Å². The molecule has 0 bridgehead atoms. The number of aromatic nitrogens is 2. The number of carbonyl (C=O) groups excluding carboxylic acids is 2. The van der Waals surface area contributed by atoms with E-state index >= 15 is 0 Å². The van der Waals surface area contributed by atoms with Crippen molar-refractivity contribution >= 4 is 39.1 Å². The molecular formula is C23H19N3O3S. The van der Waals surface area contributed by atoms with Crippen LogP contribution in [0.15, 0.2) is 67.0 Å². The smallest absolute Gasteiger partial charge is 0.340 e. The third-order valence-electron chi connectivity index (χ3n) is 4.49. The quantitative estimate of drug-likeness (QED) is 0.470. The van der Waals surface area contributed by atoms with E-state index in [1.54, 1.807) is 41.8 Å². The van der Waals surface area contributed by atoms with Crippen LogP contribution in [0.3, 0.4) is 0 Å². The zero-order valence-electron chi connectivity index (χ0n) is 16.5. The molecule has 7 heteroatoms. The van der Waals surface area contributed by atoms with Gasteiger partial charge in [-0.25, -0.2) is 9.78 Å².